The van der Waals surface area contributed by atoms with Crippen LogP contribution in [0, 0.1) is 29.7 Å². The number of hydrogen-bond donors (Lipinski definition) is 4. The van der Waals surface area contributed by atoms with Crippen molar-refractivity contribution >= 4 is 29.3 Å². The molecular formula is C18H16N8O2. The average molecular weight is 376 g/mol. The second-order valence-corrected chi connectivity index (χ2v) is 5.97. The molecule has 0 bridgehead atoms. The number of pyridine rings is 1. The van der Waals surface area contributed by atoms with E-state index in [-0.39, 0.29) is 28.8 Å². The summed E-state index contributed by atoms with van der Waals surface area (Å²) in [5, 5.41) is 23.6. The number of ether oxygens (including phenoxy) is 1. The molecule has 10 heteroatoms. The maximum absolute atomic E-state index is 12.1. The number of anilines is 3. The molecule has 1 aliphatic rings. The highest BCUT2D eigenvalue weighted by atomic mass is 16.5. The van der Waals surface area contributed by atoms with Gasteiger partial charge in [-0.15, -0.1) is 0 Å². The normalized spacial score (nSPS) is 14.6. The molecule has 2 aromatic rings. The number of hydrogen-bond acceptors (Lipinski definition) is 10. The number of nitrogen functional groups attached to an aromatic ring is 2. The zero-order valence-electron chi connectivity index (χ0n) is 15.1. The first-order valence-corrected chi connectivity index (χ1v) is 8.09. The van der Waals surface area contributed by atoms with Gasteiger partial charge < -0.3 is 21.5 Å². The minimum atomic E-state index is -0.726. The van der Waals surface area contributed by atoms with Crippen LogP contribution in [0.25, 0.3) is 0 Å². The van der Waals surface area contributed by atoms with Crippen molar-refractivity contribution in [1.29, 1.82) is 10.5 Å². The van der Waals surface area contributed by atoms with Crippen molar-refractivity contribution in [3.05, 3.63) is 46.0 Å². The second kappa shape index (κ2) is 7.13. The minimum Gasteiger partial charge on any atom is -0.465 e. The fraction of sp³-hybridized carbons (Fsp3) is 0.167. The Morgan fingerprint density at radius 3 is 2.75 bits per heavy atom. The number of benzene rings is 1. The Balaban J connectivity index is 2.25. The first-order valence-electron chi connectivity index (χ1n) is 8.09. The van der Waals surface area contributed by atoms with E-state index in [0.29, 0.717) is 16.7 Å². The lowest BCUT2D eigenvalue weighted by Crippen LogP contribution is -2.32. The van der Waals surface area contributed by atoms with E-state index in [0.717, 1.165) is 5.56 Å². The summed E-state index contributed by atoms with van der Waals surface area (Å²) in [4.78, 5) is 20.7. The molecule has 140 valence electrons. The number of nitriles is 2. The molecule has 0 saturated heterocycles. The largest absolute Gasteiger partial charge is 0.465 e. The maximum Gasteiger partial charge on any atom is 0.338 e. The zero-order chi connectivity index (χ0) is 20.4. The first-order chi connectivity index (χ1) is 13.4. The number of nitrogens with two attached hydrogens (primary N) is 2. The molecule has 1 atom stereocenters. The molecule has 2 heterocycles. The molecular weight excluding hydrogens is 360 g/mol. The topological polar surface area (TPSA) is 175 Å². The Hall–Kier alpha value is -4.31. The van der Waals surface area contributed by atoms with Crippen molar-refractivity contribution in [2.75, 3.05) is 23.9 Å². The number of methoxy groups -OCH3 is 1. The van der Waals surface area contributed by atoms with E-state index in [4.69, 9.17) is 21.5 Å². The summed E-state index contributed by atoms with van der Waals surface area (Å²) in [6, 6.07) is 6.38. The number of esters is 1. The van der Waals surface area contributed by atoms with E-state index in [1.54, 1.807) is 31.3 Å². The van der Waals surface area contributed by atoms with Gasteiger partial charge in [0, 0.05) is 5.56 Å². The number of rotatable bonds is 2. The summed E-state index contributed by atoms with van der Waals surface area (Å²) in [6.07, 6.45) is 1.78. The number of nitrogens with zero attached hydrogens (tertiary/aromatic N) is 4. The number of aromatic nitrogens is 1. The molecule has 28 heavy (non-hydrogen) atoms. The number of nitrogens with one attached hydrogen (secondary N) is 2. The maximum atomic E-state index is 12.1. The number of carbonyl (C=O) groups excluding carboxylic acids is 1. The third kappa shape index (κ3) is 2.99. The SMILES string of the molecule is COC(=O)c1cc(C2N=C(NC#N)Nc3nc(N)c(C#N)c(N)c32)ccc1C. The Morgan fingerprint density at radius 1 is 1.36 bits per heavy atom. The van der Waals surface area contributed by atoms with Gasteiger partial charge in [0.25, 0.3) is 0 Å². The molecule has 1 aliphatic heterocycles. The monoisotopic (exact) mass is 376 g/mol. The van der Waals surface area contributed by atoms with Gasteiger partial charge in [0.15, 0.2) is 6.19 Å². The lowest BCUT2D eigenvalue weighted by Gasteiger charge is -2.26. The number of fused-ring (bicyclic) bond motifs is 1. The molecule has 1 unspecified atom stereocenters. The van der Waals surface area contributed by atoms with E-state index in [2.05, 4.69) is 20.6 Å². The summed E-state index contributed by atoms with van der Waals surface area (Å²) in [5.41, 5.74) is 14.3. The molecule has 3 rings (SSSR count). The summed E-state index contributed by atoms with van der Waals surface area (Å²) < 4.78 is 4.83. The average Bonchev–Trinajstić information content (AvgIpc) is 2.67. The van der Waals surface area contributed by atoms with Gasteiger partial charge in [0.05, 0.1) is 18.4 Å². The van der Waals surface area contributed by atoms with Crippen LogP contribution in [0.3, 0.4) is 0 Å². The molecule has 0 amide bonds. The van der Waals surface area contributed by atoms with Gasteiger partial charge in [0.2, 0.25) is 5.96 Å². The van der Waals surface area contributed by atoms with Crippen LogP contribution in [-0.4, -0.2) is 24.0 Å². The van der Waals surface area contributed by atoms with Gasteiger partial charge in [0.1, 0.15) is 29.3 Å². The lowest BCUT2D eigenvalue weighted by atomic mass is 9.93. The zero-order valence-corrected chi connectivity index (χ0v) is 15.1. The molecule has 1 aromatic heterocycles. The van der Waals surface area contributed by atoms with Crippen LogP contribution in [0.4, 0.5) is 17.3 Å². The van der Waals surface area contributed by atoms with Gasteiger partial charge in [-0.3, -0.25) is 5.32 Å². The van der Waals surface area contributed by atoms with Crippen LogP contribution < -0.4 is 22.1 Å². The van der Waals surface area contributed by atoms with Crippen LogP contribution in [0.15, 0.2) is 23.2 Å². The Morgan fingerprint density at radius 2 is 2.11 bits per heavy atom. The lowest BCUT2D eigenvalue weighted by molar-refractivity contribution is 0.0600. The standard InChI is InChI=1S/C18H16N8O2/c1-8-3-4-9(5-10(8)17(27)28-2)14-12-13(21)11(6-19)15(22)25-16(12)26-18(24-14)23-7-20/h3-5,14H,1-2H3,(H6,21,22,23,24,25,26). The van der Waals surface area contributed by atoms with Crippen LogP contribution in [-0.2, 0) is 4.74 Å². The molecule has 10 nitrogen and oxygen atoms in total. The summed E-state index contributed by atoms with van der Waals surface area (Å²) >= 11 is 0. The van der Waals surface area contributed by atoms with Crippen molar-refractivity contribution in [2.45, 2.75) is 13.0 Å². The highest BCUT2D eigenvalue weighted by Gasteiger charge is 2.30. The summed E-state index contributed by atoms with van der Waals surface area (Å²) in [5.74, 6) is -0.125. The predicted octanol–water partition coefficient (Wildman–Crippen LogP) is 1.15. The van der Waals surface area contributed by atoms with Crippen LogP contribution in [0.2, 0.25) is 0 Å². The number of carbonyl (C=O) groups is 1. The van der Waals surface area contributed by atoms with E-state index in [1.807, 2.05) is 6.07 Å². The Bertz CT molecular complexity index is 1090. The van der Waals surface area contributed by atoms with Gasteiger partial charge in [-0.2, -0.15) is 10.5 Å². The first kappa shape index (κ1) is 18.5. The predicted molar refractivity (Wildman–Crippen MR) is 102 cm³/mol. The van der Waals surface area contributed by atoms with Gasteiger partial charge >= 0.3 is 5.97 Å². The quantitative estimate of drug-likeness (QED) is 0.340. The number of aliphatic imine (C=N–C) groups is 1. The molecule has 0 fully saturated rings. The van der Waals surface area contributed by atoms with E-state index in [9.17, 15) is 10.1 Å². The van der Waals surface area contributed by atoms with Gasteiger partial charge in [-0.05, 0) is 24.1 Å². The Kier molecular flexibility index (Phi) is 4.71. The smallest absolute Gasteiger partial charge is 0.338 e. The van der Waals surface area contributed by atoms with Crippen LogP contribution >= 0.6 is 0 Å². The fourth-order valence-electron chi connectivity index (χ4n) is 2.96. The highest BCUT2D eigenvalue weighted by molar-refractivity contribution is 5.98. The molecule has 0 spiro atoms. The minimum absolute atomic E-state index is 0.0395. The van der Waals surface area contributed by atoms with Crippen molar-refractivity contribution in [1.82, 2.24) is 10.3 Å². The summed E-state index contributed by atoms with van der Waals surface area (Å²) in [6.45, 7) is 1.78. The van der Waals surface area contributed by atoms with Crippen molar-refractivity contribution < 1.29 is 9.53 Å². The van der Waals surface area contributed by atoms with Gasteiger partial charge in [-0.1, -0.05) is 12.1 Å². The molecule has 0 radical (unpaired) electrons. The van der Waals surface area contributed by atoms with E-state index in [1.165, 1.54) is 7.11 Å². The van der Waals surface area contributed by atoms with E-state index >= 15 is 0 Å². The number of aryl methyl sites for hydroxylation is 1. The van der Waals surface area contributed by atoms with Gasteiger partial charge in [-0.25, -0.2) is 14.8 Å². The molecule has 0 aliphatic carbocycles. The highest BCUT2D eigenvalue weighted by Crippen LogP contribution is 2.40. The number of guanidine groups is 1. The second-order valence-electron chi connectivity index (χ2n) is 5.97. The fourth-order valence-corrected chi connectivity index (χ4v) is 2.96. The molecule has 0 saturated carbocycles. The van der Waals surface area contributed by atoms with Crippen molar-refractivity contribution in [3.63, 3.8) is 0 Å². The third-order valence-electron chi connectivity index (χ3n) is 4.34. The van der Waals surface area contributed by atoms with Crippen LogP contribution in [0.5, 0.6) is 0 Å². The van der Waals surface area contributed by atoms with E-state index < -0.39 is 12.0 Å². The van der Waals surface area contributed by atoms with Crippen molar-refractivity contribution in [2.24, 2.45) is 4.99 Å². The van der Waals surface area contributed by atoms with Crippen LogP contribution in [0.1, 0.15) is 38.7 Å². The Labute approximate surface area is 160 Å². The third-order valence-corrected chi connectivity index (χ3v) is 4.34. The molecule has 1 aromatic carbocycles. The summed E-state index contributed by atoms with van der Waals surface area (Å²) in [7, 11) is 1.30. The van der Waals surface area contributed by atoms with Crippen molar-refractivity contribution in [3.8, 4) is 12.3 Å². The molecule has 6 N–H and O–H groups in total.